The zero-order chi connectivity index (χ0) is 14.4. The number of urea groups is 1. The number of nitrogens with zero attached hydrogens (tertiary/aromatic N) is 1. The first-order valence-corrected chi connectivity index (χ1v) is 5.55. The summed E-state index contributed by atoms with van der Waals surface area (Å²) >= 11 is 0. The summed E-state index contributed by atoms with van der Waals surface area (Å²) < 4.78 is 0. The molecule has 0 bridgehead atoms. The quantitative estimate of drug-likeness (QED) is 0.567. The minimum Gasteiger partial charge on any atom is -0.505 e. The number of phenols is 1. The number of carboxylic acids is 1. The third-order valence-corrected chi connectivity index (χ3v) is 2.46. The van der Waals surface area contributed by atoms with Gasteiger partial charge in [0.05, 0.1) is 12.2 Å². The number of benzene rings is 1. The summed E-state index contributed by atoms with van der Waals surface area (Å²) in [4.78, 5) is 24.0. The minimum absolute atomic E-state index is 0.0281. The maximum atomic E-state index is 11.8. The van der Waals surface area contributed by atoms with Crippen LogP contribution in [0.25, 0.3) is 0 Å². The summed E-state index contributed by atoms with van der Waals surface area (Å²) in [5.74, 6) is 0.579. The third-order valence-electron chi connectivity index (χ3n) is 2.46. The monoisotopic (exact) mass is 262 g/mol. The highest BCUT2D eigenvalue weighted by Crippen LogP contribution is 2.27. The summed E-state index contributed by atoms with van der Waals surface area (Å²) in [6, 6.07) is 3.57. The average molecular weight is 262 g/mol. The topological polar surface area (TPSA) is 89.9 Å². The fraction of sp³-hybridized carbons (Fsp3) is 0.231. The van der Waals surface area contributed by atoms with Crippen LogP contribution in [0.1, 0.15) is 17.3 Å². The molecule has 100 valence electrons. The molecule has 0 aromatic heterocycles. The molecule has 6 heteroatoms. The van der Waals surface area contributed by atoms with Crippen molar-refractivity contribution in [3.63, 3.8) is 0 Å². The van der Waals surface area contributed by atoms with Crippen LogP contribution in [-0.2, 0) is 0 Å². The van der Waals surface area contributed by atoms with Crippen LogP contribution in [0.15, 0.2) is 18.2 Å². The lowest BCUT2D eigenvalue weighted by atomic mass is 10.1. The number of carbonyl (C=O) groups excluding carboxylic acids is 1. The van der Waals surface area contributed by atoms with Gasteiger partial charge in [0.25, 0.3) is 0 Å². The van der Waals surface area contributed by atoms with Gasteiger partial charge in [-0.25, -0.2) is 9.59 Å². The Morgan fingerprint density at radius 1 is 1.47 bits per heavy atom. The zero-order valence-corrected chi connectivity index (χ0v) is 10.4. The Morgan fingerprint density at radius 3 is 2.68 bits per heavy atom. The van der Waals surface area contributed by atoms with Crippen LogP contribution in [0.4, 0.5) is 10.5 Å². The second kappa shape index (κ2) is 6.31. The minimum atomic E-state index is -1.27. The normalized spacial score (nSPS) is 9.47. The fourth-order valence-electron chi connectivity index (χ4n) is 1.45. The largest absolute Gasteiger partial charge is 0.505 e. The van der Waals surface area contributed by atoms with E-state index < -0.39 is 17.7 Å². The van der Waals surface area contributed by atoms with Crippen LogP contribution in [0, 0.1) is 12.3 Å². The SMILES string of the molecule is C#CCN(CC)C(=O)Nc1cccc(C(=O)O)c1O. The van der Waals surface area contributed by atoms with E-state index >= 15 is 0 Å². The number of nitrogens with one attached hydrogen (secondary N) is 1. The van der Waals surface area contributed by atoms with E-state index in [2.05, 4.69) is 11.2 Å². The van der Waals surface area contributed by atoms with Crippen molar-refractivity contribution in [1.29, 1.82) is 0 Å². The van der Waals surface area contributed by atoms with Gasteiger partial charge >= 0.3 is 12.0 Å². The Bertz CT molecular complexity index is 534. The summed E-state index contributed by atoms with van der Waals surface area (Å²) in [5, 5.41) is 21.0. The van der Waals surface area contributed by atoms with Gasteiger partial charge in [0.1, 0.15) is 5.56 Å². The summed E-state index contributed by atoms with van der Waals surface area (Å²) in [5.41, 5.74) is -0.252. The lowest BCUT2D eigenvalue weighted by Crippen LogP contribution is -2.35. The Kier molecular flexibility index (Phi) is 4.77. The molecular formula is C13H14N2O4. The van der Waals surface area contributed by atoms with Gasteiger partial charge in [0.2, 0.25) is 0 Å². The van der Waals surface area contributed by atoms with Gasteiger partial charge in [0, 0.05) is 6.54 Å². The number of carboxylic acid groups (broad SMARTS) is 1. The molecule has 1 rings (SSSR count). The molecule has 0 saturated heterocycles. The van der Waals surface area contributed by atoms with Crippen molar-refractivity contribution in [1.82, 2.24) is 4.90 Å². The third kappa shape index (κ3) is 3.39. The molecule has 0 aliphatic heterocycles. The number of para-hydroxylation sites is 1. The lowest BCUT2D eigenvalue weighted by Gasteiger charge is -2.19. The molecule has 0 spiro atoms. The van der Waals surface area contributed by atoms with Crippen molar-refractivity contribution in [3.05, 3.63) is 23.8 Å². The Morgan fingerprint density at radius 2 is 2.16 bits per heavy atom. The Labute approximate surface area is 110 Å². The number of aromatic carboxylic acids is 1. The van der Waals surface area contributed by atoms with Crippen LogP contribution >= 0.6 is 0 Å². The highest BCUT2D eigenvalue weighted by atomic mass is 16.4. The maximum Gasteiger partial charge on any atom is 0.339 e. The molecule has 0 fully saturated rings. The van der Waals surface area contributed by atoms with E-state index in [4.69, 9.17) is 11.5 Å². The van der Waals surface area contributed by atoms with Gasteiger partial charge in [-0.3, -0.25) is 0 Å². The van der Waals surface area contributed by atoms with Crippen LogP contribution in [0.5, 0.6) is 5.75 Å². The lowest BCUT2D eigenvalue weighted by molar-refractivity contribution is 0.0693. The van der Waals surface area contributed by atoms with Crippen molar-refractivity contribution in [2.24, 2.45) is 0 Å². The predicted molar refractivity (Wildman–Crippen MR) is 70.2 cm³/mol. The van der Waals surface area contributed by atoms with Crippen molar-refractivity contribution in [2.75, 3.05) is 18.4 Å². The smallest absolute Gasteiger partial charge is 0.339 e. The standard InChI is InChI=1S/C13H14N2O4/c1-3-8-15(4-2)13(19)14-10-7-5-6-9(11(10)16)12(17)18/h1,5-7,16H,4,8H2,2H3,(H,14,19)(H,17,18). The van der Waals surface area contributed by atoms with Crippen LogP contribution in [0.2, 0.25) is 0 Å². The average Bonchev–Trinajstić information content (AvgIpc) is 2.37. The molecule has 2 amide bonds. The second-order valence-corrected chi connectivity index (χ2v) is 3.66. The molecule has 0 aliphatic rings. The van der Waals surface area contributed by atoms with Crippen molar-refractivity contribution in [3.8, 4) is 18.1 Å². The molecule has 6 nitrogen and oxygen atoms in total. The number of carbonyl (C=O) groups is 2. The van der Waals surface area contributed by atoms with Gasteiger partial charge in [0.15, 0.2) is 5.75 Å². The van der Waals surface area contributed by atoms with Crippen molar-refractivity contribution in [2.45, 2.75) is 6.92 Å². The van der Waals surface area contributed by atoms with Crippen LogP contribution in [0.3, 0.4) is 0 Å². The predicted octanol–water partition coefficient (Wildman–Crippen LogP) is 1.58. The van der Waals surface area contributed by atoms with E-state index in [1.807, 2.05) is 0 Å². The van der Waals surface area contributed by atoms with E-state index in [0.29, 0.717) is 6.54 Å². The Hall–Kier alpha value is -2.68. The molecule has 3 N–H and O–H groups in total. The van der Waals surface area contributed by atoms with E-state index in [0.717, 1.165) is 0 Å². The van der Waals surface area contributed by atoms with Crippen molar-refractivity contribution < 1.29 is 19.8 Å². The number of anilines is 1. The molecule has 1 aromatic carbocycles. The summed E-state index contributed by atoms with van der Waals surface area (Å²) in [6.07, 6.45) is 5.13. The van der Waals surface area contributed by atoms with E-state index in [1.54, 1.807) is 6.92 Å². The number of hydrogen-bond acceptors (Lipinski definition) is 3. The highest BCUT2D eigenvalue weighted by Gasteiger charge is 2.16. The molecule has 0 radical (unpaired) electrons. The summed E-state index contributed by atoms with van der Waals surface area (Å²) in [7, 11) is 0. The molecule has 0 unspecified atom stereocenters. The highest BCUT2D eigenvalue weighted by molar-refractivity contribution is 5.97. The molecule has 1 aromatic rings. The molecule has 19 heavy (non-hydrogen) atoms. The number of amides is 2. The van der Waals surface area contributed by atoms with Crippen LogP contribution in [-0.4, -0.2) is 40.2 Å². The molecule has 0 atom stereocenters. The second-order valence-electron chi connectivity index (χ2n) is 3.66. The van der Waals surface area contributed by atoms with Crippen molar-refractivity contribution >= 4 is 17.7 Å². The number of terminal acetylenes is 1. The van der Waals surface area contributed by atoms with Gasteiger partial charge in [-0.2, -0.15) is 0 Å². The first-order valence-electron chi connectivity index (χ1n) is 5.55. The van der Waals surface area contributed by atoms with Gasteiger partial charge < -0.3 is 20.4 Å². The van der Waals surface area contributed by atoms with E-state index in [-0.39, 0.29) is 17.8 Å². The molecule has 0 saturated carbocycles. The van der Waals surface area contributed by atoms with Crippen LogP contribution < -0.4 is 5.32 Å². The molecule has 0 aliphatic carbocycles. The number of aromatic hydroxyl groups is 1. The number of hydrogen-bond donors (Lipinski definition) is 3. The van der Waals surface area contributed by atoms with Gasteiger partial charge in [-0.15, -0.1) is 6.42 Å². The van der Waals surface area contributed by atoms with Gasteiger partial charge in [-0.1, -0.05) is 12.0 Å². The fourth-order valence-corrected chi connectivity index (χ4v) is 1.45. The maximum absolute atomic E-state index is 11.8. The first-order chi connectivity index (χ1) is 9.01. The number of rotatable bonds is 4. The van der Waals surface area contributed by atoms with E-state index in [1.165, 1.54) is 23.1 Å². The summed E-state index contributed by atoms with van der Waals surface area (Å²) in [6.45, 7) is 2.28. The Balaban J connectivity index is 2.94. The van der Waals surface area contributed by atoms with E-state index in [9.17, 15) is 14.7 Å². The molecular weight excluding hydrogens is 248 g/mol. The zero-order valence-electron chi connectivity index (χ0n) is 10.4. The molecule has 0 heterocycles. The first kappa shape index (κ1) is 14.4. The van der Waals surface area contributed by atoms with Gasteiger partial charge in [-0.05, 0) is 19.1 Å².